The molecule has 2 aliphatic rings. The lowest BCUT2D eigenvalue weighted by Crippen LogP contribution is -2.44. The van der Waals surface area contributed by atoms with Gasteiger partial charge >= 0.3 is 12.1 Å². The molecule has 5 nitrogen and oxygen atoms in total. The summed E-state index contributed by atoms with van der Waals surface area (Å²) in [5.74, 6) is 0.0242. The van der Waals surface area contributed by atoms with Crippen molar-refractivity contribution in [3.63, 3.8) is 0 Å². The summed E-state index contributed by atoms with van der Waals surface area (Å²) in [6, 6.07) is 6.71. The molecule has 142 valence electrons. The second-order valence-electron chi connectivity index (χ2n) is 7.35. The minimum atomic E-state index is -0.661. The van der Waals surface area contributed by atoms with E-state index in [1.807, 2.05) is 18.2 Å². The highest BCUT2D eigenvalue weighted by Gasteiger charge is 2.49. The van der Waals surface area contributed by atoms with E-state index >= 15 is 0 Å². The number of hydrogen-bond donors (Lipinski definition) is 1. The molecule has 6 heteroatoms. The van der Waals surface area contributed by atoms with Gasteiger partial charge in [0.15, 0.2) is 0 Å². The quantitative estimate of drug-likeness (QED) is 0.735. The Morgan fingerprint density at radius 1 is 1.27 bits per heavy atom. The van der Waals surface area contributed by atoms with Gasteiger partial charge in [-0.05, 0) is 42.9 Å². The fourth-order valence-electron chi connectivity index (χ4n) is 3.80. The van der Waals surface area contributed by atoms with Gasteiger partial charge in [-0.2, -0.15) is 0 Å². The first-order valence-electron chi connectivity index (χ1n) is 9.36. The largest absolute Gasteiger partial charge is 0.467 e. The molecule has 2 saturated carbocycles. The molecule has 1 N–H and O–H groups in total. The fraction of sp³-hybridized carbons (Fsp3) is 0.600. The number of halogens is 1. The fourth-order valence-corrected chi connectivity index (χ4v) is 3.99. The van der Waals surface area contributed by atoms with Gasteiger partial charge in [0.05, 0.1) is 7.11 Å². The Hall–Kier alpha value is -1.75. The van der Waals surface area contributed by atoms with E-state index in [4.69, 9.17) is 21.1 Å². The van der Waals surface area contributed by atoms with Crippen molar-refractivity contribution in [2.45, 2.75) is 63.0 Å². The molecule has 0 aromatic heterocycles. The van der Waals surface area contributed by atoms with Crippen LogP contribution in [-0.2, 0) is 19.9 Å². The van der Waals surface area contributed by atoms with Crippen LogP contribution in [0.15, 0.2) is 24.3 Å². The van der Waals surface area contributed by atoms with E-state index in [1.54, 1.807) is 6.07 Å². The number of ether oxygens (including phenoxy) is 2. The topological polar surface area (TPSA) is 64.6 Å². The van der Waals surface area contributed by atoms with Crippen molar-refractivity contribution in [1.82, 2.24) is 5.32 Å². The third kappa shape index (κ3) is 4.70. The van der Waals surface area contributed by atoms with Crippen molar-refractivity contribution in [3.8, 4) is 0 Å². The second-order valence-corrected chi connectivity index (χ2v) is 7.79. The number of benzene rings is 1. The predicted octanol–water partition coefficient (Wildman–Crippen LogP) is 4.57. The number of methoxy groups -OCH3 is 1. The normalized spacial score (nSPS) is 20.1. The number of carbonyl (C=O) groups excluding carboxylic acids is 2. The first-order valence-corrected chi connectivity index (χ1v) is 9.73. The van der Waals surface area contributed by atoms with Gasteiger partial charge in [0.25, 0.3) is 0 Å². The van der Waals surface area contributed by atoms with Crippen LogP contribution in [0.1, 0.15) is 56.9 Å². The minimum Gasteiger partial charge on any atom is -0.467 e. The third-order valence-electron chi connectivity index (χ3n) is 5.41. The molecule has 1 aromatic rings. The molecule has 3 rings (SSSR count). The van der Waals surface area contributed by atoms with E-state index in [-0.39, 0.29) is 0 Å². The number of hydrogen-bond acceptors (Lipinski definition) is 4. The molecule has 0 aliphatic heterocycles. The summed E-state index contributed by atoms with van der Waals surface area (Å²) in [5.41, 5.74) is 0.266. The van der Waals surface area contributed by atoms with Crippen molar-refractivity contribution in [2.75, 3.05) is 7.11 Å². The molecular weight excluding hydrogens is 354 g/mol. The molecule has 0 saturated heterocycles. The van der Waals surface area contributed by atoms with Crippen LogP contribution in [-0.4, -0.2) is 25.2 Å². The van der Waals surface area contributed by atoms with E-state index < -0.39 is 23.7 Å². The monoisotopic (exact) mass is 379 g/mol. The molecule has 0 radical (unpaired) electrons. The van der Waals surface area contributed by atoms with Gasteiger partial charge in [0, 0.05) is 5.02 Å². The van der Waals surface area contributed by atoms with E-state index in [1.165, 1.54) is 26.4 Å². The van der Waals surface area contributed by atoms with Crippen molar-refractivity contribution >= 4 is 23.7 Å². The Bertz CT molecular complexity index is 653. The SMILES string of the molecule is COC(=O)C(CC1CCCCC1)NC(=O)OC1(c2cccc(Cl)c2)CC1. The van der Waals surface area contributed by atoms with Crippen LogP contribution < -0.4 is 5.32 Å². The summed E-state index contributed by atoms with van der Waals surface area (Å²) in [5, 5.41) is 3.34. The van der Waals surface area contributed by atoms with Crippen LogP contribution >= 0.6 is 11.6 Å². The average Bonchev–Trinajstić information content (AvgIpc) is 3.42. The highest BCUT2D eigenvalue weighted by Crippen LogP contribution is 2.49. The van der Waals surface area contributed by atoms with Gasteiger partial charge in [0.2, 0.25) is 0 Å². The van der Waals surface area contributed by atoms with Crippen LogP contribution in [0.2, 0.25) is 5.02 Å². The minimum absolute atomic E-state index is 0.417. The van der Waals surface area contributed by atoms with Gasteiger partial charge in [-0.15, -0.1) is 0 Å². The van der Waals surface area contributed by atoms with Gasteiger partial charge in [-0.3, -0.25) is 0 Å². The Labute approximate surface area is 159 Å². The number of alkyl carbamates (subject to hydrolysis) is 1. The van der Waals surface area contributed by atoms with Gasteiger partial charge in [-0.1, -0.05) is 55.8 Å². The summed E-state index contributed by atoms with van der Waals surface area (Å²) >= 11 is 6.05. The molecule has 1 amide bonds. The third-order valence-corrected chi connectivity index (χ3v) is 5.65. The number of nitrogens with one attached hydrogen (secondary N) is 1. The first kappa shape index (κ1) is 19.0. The number of esters is 1. The van der Waals surface area contributed by atoms with Crippen LogP contribution in [0, 0.1) is 5.92 Å². The van der Waals surface area contributed by atoms with Crippen LogP contribution in [0.4, 0.5) is 4.79 Å². The molecule has 26 heavy (non-hydrogen) atoms. The smallest absolute Gasteiger partial charge is 0.408 e. The molecule has 0 bridgehead atoms. The lowest BCUT2D eigenvalue weighted by Gasteiger charge is -2.26. The van der Waals surface area contributed by atoms with Crippen molar-refractivity contribution in [2.24, 2.45) is 5.92 Å². The maximum absolute atomic E-state index is 12.5. The molecule has 0 spiro atoms. The molecule has 2 fully saturated rings. The summed E-state index contributed by atoms with van der Waals surface area (Å²) < 4.78 is 10.6. The predicted molar refractivity (Wildman–Crippen MR) is 99.0 cm³/mol. The van der Waals surface area contributed by atoms with Crippen LogP contribution in [0.3, 0.4) is 0 Å². The summed E-state index contributed by atoms with van der Waals surface area (Å²) in [7, 11) is 1.34. The summed E-state index contributed by atoms with van der Waals surface area (Å²) in [6.07, 6.45) is 7.34. The number of carbonyl (C=O) groups is 2. The van der Waals surface area contributed by atoms with Crippen molar-refractivity contribution < 1.29 is 19.1 Å². The van der Waals surface area contributed by atoms with Gasteiger partial charge in [0.1, 0.15) is 11.6 Å². The standard InChI is InChI=1S/C20H26ClNO4/c1-25-18(23)17(12-14-6-3-2-4-7-14)22-19(24)26-20(10-11-20)15-8-5-9-16(21)13-15/h5,8-9,13-14,17H,2-4,6-7,10-12H2,1H3,(H,22,24). The highest BCUT2D eigenvalue weighted by atomic mass is 35.5. The summed E-state index contributed by atoms with van der Waals surface area (Å²) in [4.78, 5) is 24.6. The van der Waals surface area contributed by atoms with Gasteiger partial charge in [-0.25, -0.2) is 9.59 Å². The van der Waals surface area contributed by atoms with E-state index in [9.17, 15) is 9.59 Å². The number of rotatable bonds is 6. The number of amides is 1. The average molecular weight is 380 g/mol. The molecule has 1 unspecified atom stereocenters. The molecule has 1 atom stereocenters. The van der Waals surface area contributed by atoms with Crippen molar-refractivity contribution in [3.05, 3.63) is 34.9 Å². The highest BCUT2D eigenvalue weighted by molar-refractivity contribution is 6.30. The second kappa shape index (κ2) is 8.30. The lowest BCUT2D eigenvalue weighted by atomic mass is 9.85. The molecule has 2 aliphatic carbocycles. The van der Waals surface area contributed by atoms with Crippen LogP contribution in [0.25, 0.3) is 0 Å². The zero-order valence-corrected chi connectivity index (χ0v) is 15.9. The first-order chi connectivity index (χ1) is 12.5. The van der Waals surface area contributed by atoms with E-state index in [0.717, 1.165) is 31.2 Å². The summed E-state index contributed by atoms with van der Waals surface area (Å²) in [6.45, 7) is 0. The lowest BCUT2D eigenvalue weighted by molar-refractivity contribution is -0.143. The maximum Gasteiger partial charge on any atom is 0.408 e. The van der Waals surface area contributed by atoms with Crippen molar-refractivity contribution in [1.29, 1.82) is 0 Å². The van der Waals surface area contributed by atoms with Crippen LogP contribution in [0.5, 0.6) is 0 Å². The Morgan fingerprint density at radius 3 is 2.62 bits per heavy atom. The molecular formula is C20H26ClNO4. The van der Waals surface area contributed by atoms with Gasteiger partial charge < -0.3 is 14.8 Å². The Balaban J connectivity index is 1.61. The van der Waals surface area contributed by atoms with E-state index in [0.29, 0.717) is 17.4 Å². The maximum atomic E-state index is 12.5. The molecule has 1 aromatic carbocycles. The Kier molecular flexibility index (Phi) is 6.07. The zero-order valence-electron chi connectivity index (χ0n) is 15.1. The zero-order chi connectivity index (χ0) is 18.6. The molecule has 0 heterocycles. The Morgan fingerprint density at radius 2 is 2.00 bits per heavy atom. The van der Waals surface area contributed by atoms with E-state index in [2.05, 4.69) is 5.32 Å².